The number of hydrogen-bond acceptors (Lipinski definition) is 4. The molecular weight excluding hydrogens is 554 g/mol. The lowest BCUT2D eigenvalue weighted by Crippen LogP contribution is -2.53. The van der Waals surface area contributed by atoms with Crippen molar-refractivity contribution in [2.24, 2.45) is 0 Å². The minimum absolute atomic E-state index is 0.155. The number of aryl methyl sites for hydroxylation is 1. The summed E-state index contributed by atoms with van der Waals surface area (Å²) in [5, 5.41) is 2.85. The van der Waals surface area contributed by atoms with E-state index in [1.165, 1.54) is 4.90 Å². The number of carbonyl (C=O) groups excluding carboxylic acids is 2. The highest BCUT2D eigenvalue weighted by Gasteiger charge is 2.33. The molecule has 7 nitrogen and oxygen atoms in total. The maximum absolute atomic E-state index is 13.9. The van der Waals surface area contributed by atoms with Gasteiger partial charge >= 0.3 is 0 Å². The van der Waals surface area contributed by atoms with Crippen LogP contribution in [0.4, 0.5) is 5.69 Å². The van der Waals surface area contributed by atoms with Crippen molar-refractivity contribution in [1.82, 2.24) is 10.2 Å². The van der Waals surface area contributed by atoms with E-state index >= 15 is 0 Å². The van der Waals surface area contributed by atoms with Crippen molar-refractivity contribution >= 4 is 43.5 Å². The van der Waals surface area contributed by atoms with Gasteiger partial charge < -0.3 is 10.2 Å². The Kier molecular flexibility index (Phi) is 9.88. The standard InChI is InChI=1S/C28H32BrN3O4S/c1-4-30-28(34)26(18-22-12-6-5-7-13-22)31(19-23-14-10-11-21(2)17-23)27(33)20-32(37(3,35)36)25-16-9-8-15-24(25)29/h5-17,26H,4,18-20H2,1-3H3,(H,30,34)/t26-/m1/s1. The quantitative estimate of drug-likeness (QED) is 0.363. The Hall–Kier alpha value is -3.17. The molecule has 3 aromatic rings. The van der Waals surface area contributed by atoms with Crippen LogP contribution in [-0.2, 0) is 32.6 Å². The van der Waals surface area contributed by atoms with Gasteiger partial charge in [0.05, 0.1) is 11.9 Å². The number of sulfonamides is 1. The Labute approximate surface area is 227 Å². The van der Waals surface area contributed by atoms with E-state index in [-0.39, 0.29) is 18.9 Å². The number of amides is 2. The fourth-order valence-electron chi connectivity index (χ4n) is 4.10. The van der Waals surface area contributed by atoms with Gasteiger partial charge in [-0.05, 0) is 53.0 Å². The summed E-state index contributed by atoms with van der Waals surface area (Å²) in [6.07, 6.45) is 1.36. The third-order valence-corrected chi connectivity index (χ3v) is 7.65. The minimum atomic E-state index is -3.81. The number of anilines is 1. The lowest BCUT2D eigenvalue weighted by atomic mass is 10.0. The van der Waals surface area contributed by atoms with Crippen LogP contribution in [0.1, 0.15) is 23.6 Å². The number of benzene rings is 3. The van der Waals surface area contributed by atoms with Crippen LogP contribution in [0.25, 0.3) is 0 Å². The van der Waals surface area contributed by atoms with Gasteiger partial charge in [-0.2, -0.15) is 0 Å². The third kappa shape index (κ3) is 7.90. The molecule has 3 rings (SSSR count). The van der Waals surface area contributed by atoms with Crippen LogP contribution in [0.15, 0.2) is 83.3 Å². The summed E-state index contributed by atoms with van der Waals surface area (Å²) in [6.45, 7) is 3.89. The molecule has 0 heterocycles. The molecule has 0 aliphatic heterocycles. The fraction of sp³-hybridized carbons (Fsp3) is 0.286. The Morgan fingerprint density at radius 2 is 1.59 bits per heavy atom. The Bertz CT molecular complexity index is 1330. The van der Waals surface area contributed by atoms with Crippen molar-refractivity contribution in [2.45, 2.75) is 32.9 Å². The fourth-order valence-corrected chi connectivity index (χ4v) is 5.58. The SMILES string of the molecule is CCNC(=O)[C@@H](Cc1ccccc1)N(Cc1cccc(C)c1)C(=O)CN(c1ccccc1Br)S(C)(=O)=O. The maximum atomic E-state index is 13.9. The number of nitrogens with one attached hydrogen (secondary N) is 1. The molecule has 1 atom stereocenters. The second kappa shape index (κ2) is 12.9. The van der Waals surface area contributed by atoms with Crippen LogP contribution in [-0.4, -0.2) is 50.5 Å². The van der Waals surface area contributed by atoms with Gasteiger partial charge in [0.1, 0.15) is 12.6 Å². The molecule has 1 N–H and O–H groups in total. The zero-order chi connectivity index (χ0) is 27.0. The third-order valence-electron chi connectivity index (χ3n) is 5.86. The molecule has 0 saturated heterocycles. The second-order valence-electron chi connectivity index (χ2n) is 8.83. The van der Waals surface area contributed by atoms with Crippen LogP contribution in [0.5, 0.6) is 0 Å². The molecule has 196 valence electrons. The summed E-state index contributed by atoms with van der Waals surface area (Å²) in [5.74, 6) is -0.769. The number of likely N-dealkylation sites (N-methyl/N-ethyl adjacent to an activating group) is 1. The molecular formula is C28H32BrN3O4S. The second-order valence-corrected chi connectivity index (χ2v) is 11.6. The highest BCUT2D eigenvalue weighted by Crippen LogP contribution is 2.28. The number of hydrogen-bond donors (Lipinski definition) is 1. The number of para-hydroxylation sites is 1. The van der Waals surface area contributed by atoms with Crippen LogP contribution in [0.2, 0.25) is 0 Å². The lowest BCUT2D eigenvalue weighted by Gasteiger charge is -2.33. The van der Waals surface area contributed by atoms with E-state index in [9.17, 15) is 18.0 Å². The molecule has 0 bridgehead atoms. The summed E-state index contributed by atoms with van der Waals surface area (Å²) in [7, 11) is -3.81. The van der Waals surface area contributed by atoms with Crippen LogP contribution >= 0.6 is 15.9 Å². The van der Waals surface area contributed by atoms with E-state index in [0.717, 1.165) is 27.3 Å². The van der Waals surface area contributed by atoms with Crippen molar-refractivity contribution in [2.75, 3.05) is 23.7 Å². The first kappa shape index (κ1) is 28.4. The van der Waals surface area contributed by atoms with Crippen molar-refractivity contribution < 1.29 is 18.0 Å². The first-order valence-electron chi connectivity index (χ1n) is 12.0. The summed E-state index contributed by atoms with van der Waals surface area (Å²) in [4.78, 5) is 28.7. The molecule has 0 unspecified atom stereocenters. The molecule has 37 heavy (non-hydrogen) atoms. The van der Waals surface area contributed by atoms with Gasteiger partial charge in [0, 0.05) is 24.0 Å². The highest BCUT2D eigenvalue weighted by atomic mass is 79.9. The van der Waals surface area contributed by atoms with Crippen molar-refractivity contribution in [3.8, 4) is 0 Å². The van der Waals surface area contributed by atoms with Crippen molar-refractivity contribution in [3.63, 3.8) is 0 Å². The zero-order valence-corrected chi connectivity index (χ0v) is 23.6. The predicted octanol–water partition coefficient (Wildman–Crippen LogP) is 4.30. The number of halogens is 1. The van der Waals surface area contributed by atoms with E-state index in [4.69, 9.17) is 0 Å². The number of nitrogens with zero attached hydrogens (tertiary/aromatic N) is 2. The molecule has 0 aromatic heterocycles. The van der Waals surface area contributed by atoms with Gasteiger partial charge in [0.2, 0.25) is 21.8 Å². The molecule has 2 amide bonds. The van der Waals surface area contributed by atoms with Gasteiger partial charge in [-0.15, -0.1) is 0 Å². The van der Waals surface area contributed by atoms with E-state index in [2.05, 4.69) is 21.2 Å². The zero-order valence-electron chi connectivity index (χ0n) is 21.2. The van der Waals surface area contributed by atoms with Gasteiger partial charge in [-0.3, -0.25) is 13.9 Å². The number of carbonyl (C=O) groups is 2. The van der Waals surface area contributed by atoms with Crippen molar-refractivity contribution in [1.29, 1.82) is 0 Å². The van der Waals surface area contributed by atoms with E-state index in [0.29, 0.717) is 16.7 Å². The Balaban J connectivity index is 2.05. The van der Waals surface area contributed by atoms with E-state index in [1.54, 1.807) is 24.3 Å². The van der Waals surface area contributed by atoms with Crippen molar-refractivity contribution in [3.05, 3.63) is 100 Å². The molecule has 0 saturated carbocycles. The van der Waals surface area contributed by atoms with Gasteiger partial charge in [-0.1, -0.05) is 72.3 Å². The van der Waals surface area contributed by atoms with Gasteiger partial charge in [0.15, 0.2) is 0 Å². The minimum Gasteiger partial charge on any atom is -0.355 e. The highest BCUT2D eigenvalue weighted by molar-refractivity contribution is 9.10. The number of rotatable bonds is 11. The predicted molar refractivity (Wildman–Crippen MR) is 151 cm³/mol. The first-order chi connectivity index (χ1) is 17.6. The molecule has 3 aromatic carbocycles. The molecule has 0 fully saturated rings. The summed E-state index contributed by atoms with van der Waals surface area (Å²) < 4.78 is 27.2. The van der Waals surface area contributed by atoms with Gasteiger partial charge in [0.25, 0.3) is 0 Å². The summed E-state index contributed by atoms with van der Waals surface area (Å²) in [6, 6.07) is 23.2. The molecule has 0 spiro atoms. The van der Waals surface area contributed by atoms with Crippen LogP contribution in [0, 0.1) is 6.92 Å². The summed E-state index contributed by atoms with van der Waals surface area (Å²) >= 11 is 3.40. The van der Waals surface area contributed by atoms with E-state index < -0.39 is 28.5 Å². The average molecular weight is 587 g/mol. The molecule has 0 aliphatic rings. The Morgan fingerprint density at radius 1 is 0.946 bits per heavy atom. The average Bonchev–Trinajstić information content (AvgIpc) is 2.85. The lowest BCUT2D eigenvalue weighted by molar-refractivity contribution is -0.140. The topological polar surface area (TPSA) is 86.8 Å². The van der Waals surface area contributed by atoms with Crippen LogP contribution < -0.4 is 9.62 Å². The van der Waals surface area contributed by atoms with E-state index in [1.807, 2.05) is 68.4 Å². The van der Waals surface area contributed by atoms with Crippen LogP contribution in [0.3, 0.4) is 0 Å². The Morgan fingerprint density at radius 3 is 2.22 bits per heavy atom. The monoisotopic (exact) mass is 585 g/mol. The molecule has 0 radical (unpaired) electrons. The normalized spacial score (nSPS) is 12.0. The molecule has 9 heteroatoms. The molecule has 0 aliphatic carbocycles. The van der Waals surface area contributed by atoms with Gasteiger partial charge in [-0.25, -0.2) is 8.42 Å². The maximum Gasteiger partial charge on any atom is 0.244 e. The largest absolute Gasteiger partial charge is 0.355 e. The summed E-state index contributed by atoms with van der Waals surface area (Å²) in [5.41, 5.74) is 3.12. The first-order valence-corrected chi connectivity index (χ1v) is 14.6. The smallest absolute Gasteiger partial charge is 0.244 e.